The highest BCUT2D eigenvalue weighted by atomic mass is 79.9. The van der Waals surface area contributed by atoms with Crippen molar-refractivity contribution in [1.29, 1.82) is 0 Å². The van der Waals surface area contributed by atoms with Crippen LogP contribution in [0.15, 0.2) is 22.9 Å². The van der Waals surface area contributed by atoms with Gasteiger partial charge in [0.05, 0.1) is 0 Å². The van der Waals surface area contributed by atoms with E-state index in [0.29, 0.717) is 0 Å². The van der Waals surface area contributed by atoms with Crippen LogP contribution >= 0.6 is 15.9 Å². The van der Waals surface area contributed by atoms with Gasteiger partial charge in [-0.1, -0.05) is 13.8 Å². The fraction of sp³-hybridized carbons (Fsp3) is 0.364. The first-order chi connectivity index (χ1) is 6.68. The van der Waals surface area contributed by atoms with Crippen molar-refractivity contribution < 1.29 is 0 Å². The van der Waals surface area contributed by atoms with Crippen LogP contribution in [0.1, 0.15) is 25.1 Å². The Kier molecular flexibility index (Phi) is 3.69. The molecular formula is C11H15BrN2. The number of imidazole rings is 1. The van der Waals surface area contributed by atoms with Gasteiger partial charge in [0, 0.05) is 22.6 Å². The maximum Gasteiger partial charge on any atom is 0.139 e. The van der Waals surface area contributed by atoms with Crippen LogP contribution in [0.3, 0.4) is 0 Å². The van der Waals surface area contributed by atoms with Crippen LogP contribution in [0.5, 0.6) is 0 Å². The van der Waals surface area contributed by atoms with E-state index in [1.807, 2.05) is 33.2 Å². The van der Waals surface area contributed by atoms with Gasteiger partial charge in [-0.05, 0) is 41.4 Å². The van der Waals surface area contributed by atoms with Gasteiger partial charge >= 0.3 is 0 Å². The summed E-state index contributed by atoms with van der Waals surface area (Å²) in [6.07, 6.45) is 3.92. The predicted molar refractivity (Wildman–Crippen MR) is 63.7 cm³/mol. The van der Waals surface area contributed by atoms with Gasteiger partial charge in [-0.3, -0.25) is 0 Å². The van der Waals surface area contributed by atoms with Gasteiger partial charge in [0.2, 0.25) is 0 Å². The Morgan fingerprint density at radius 3 is 2.57 bits per heavy atom. The molecule has 0 bridgehead atoms. The number of hydrogen-bond acceptors (Lipinski definition) is 1. The molecule has 0 aliphatic carbocycles. The molecule has 0 fully saturated rings. The Balaban J connectivity index is 0.000000461. The third-order valence-corrected chi connectivity index (χ3v) is 2.38. The van der Waals surface area contributed by atoms with Gasteiger partial charge in [0.1, 0.15) is 5.65 Å². The summed E-state index contributed by atoms with van der Waals surface area (Å²) >= 11 is 3.45. The minimum atomic E-state index is 1.04. The summed E-state index contributed by atoms with van der Waals surface area (Å²) in [5, 5.41) is 0. The lowest BCUT2D eigenvalue weighted by Crippen LogP contribution is -1.89. The zero-order valence-corrected chi connectivity index (χ0v) is 10.6. The normalized spacial score (nSPS) is 9.79. The Hall–Kier alpha value is -0.830. The number of aromatic nitrogens is 2. The molecule has 2 rings (SSSR count). The second-order valence-electron chi connectivity index (χ2n) is 2.93. The lowest BCUT2D eigenvalue weighted by Gasteiger charge is -2.00. The molecular weight excluding hydrogens is 240 g/mol. The molecule has 0 aliphatic heterocycles. The minimum Gasteiger partial charge on any atom is -0.303 e. The molecule has 0 atom stereocenters. The smallest absolute Gasteiger partial charge is 0.139 e. The number of halogens is 1. The highest BCUT2D eigenvalue weighted by molar-refractivity contribution is 9.10. The fourth-order valence-electron chi connectivity index (χ4n) is 1.33. The zero-order chi connectivity index (χ0) is 10.7. The molecule has 2 aromatic heterocycles. The van der Waals surface area contributed by atoms with E-state index in [1.165, 1.54) is 5.56 Å². The summed E-state index contributed by atoms with van der Waals surface area (Å²) in [5.74, 6) is 0. The van der Waals surface area contributed by atoms with Gasteiger partial charge in [0.15, 0.2) is 0 Å². The average molecular weight is 255 g/mol. The molecule has 0 spiro atoms. The van der Waals surface area contributed by atoms with E-state index >= 15 is 0 Å². The van der Waals surface area contributed by atoms with Crippen molar-refractivity contribution in [3.05, 3.63) is 34.2 Å². The molecule has 0 radical (unpaired) electrons. The number of aryl methyl sites for hydroxylation is 2. The maximum absolute atomic E-state index is 4.30. The molecule has 0 aliphatic rings. The molecule has 2 aromatic rings. The van der Waals surface area contributed by atoms with Crippen LogP contribution in [0.4, 0.5) is 0 Å². The number of nitrogens with zero attached hydrogens (tertiary/aromatic N) is 2. The second kappa shape index (κ2) is 4.60. The van der Waals surface area contributed by atoms with Crippen LogP contribution in [0.25, 0.3) is 5.65 Å². The standard InChI is InChI=1S/C9H9BrN2.C2H6/c1-6-3-8(10)5-12-7(2)4-11-9(6)12;1-2/h3-5H,1-2H3;1-2H3. The molecule has 14 heavy (non-hydrogen) atoms. The Morgan fingerprint density at radius 1 is 1.29 bits per heavy atom. The van der Waals surface area contributed by atoms with Gasteiger partial charge in [0.25, 0.3) is 0 Å². The largest absolute Gasteiger partial charge is 0.303 e. The molecule has 0 unspecified atom stereocenters. The summed E-state index contributed by atoms with van der Waals surface area (Å²) in [6, 6.07) is 2.07. The quantitative estimate of drug-likeness (QED) is 0.701. The molecule has 0 aromatic carbocycles. The maximum atomic E-state index is 4.30. The van der Waals surface area contributed by atoms with Crippen LogP contribution in [0.2, 0.25) is 0 Å². The predicted octanol–water partition coefficient (Wildman–Crippen LogP) is 3.74. The Bertz CT molecular complexity index is 432. The molecule has 0 saturated carbocycles. The van der Waals surface area contributed by atoms with E-state index in [4.69, 9.17) is 0 Å². The zero-order valence-electron chi connectivity index (χ0n) is 9.00. The summed E-state index contributed by atoms with van der Waals surface area (Å²) < 4.78 is 3.17. The van der Waals surface area contributed by atoms with Crippen molar-refractivity contribution in [2.45, 2.75) is 27.7 Å². The molecule has 0 amide bonds. The SMILES string of the molecule is CC.Cc1cc(Br)cn2c(C)cnc12. The third-order valence-electron chi connectivity index (χ3n) is 1.94. The van der Waals surface area contributed by atoms with E-state index in [0.717, 1.165) is 15.8 Å². The van der Waals surface area contributed by atoms with Crippen molar-refractivity contribution in [1.82, 2.24) is 9.38 Å². The number of pyridine rings is 1. The summed E-state index contributed by atoms with van der Waals surface area (Å²) in [7, 11) is 0. The lowest BCUT2D eigenvalue weighted by atomic mass is 10.3. The third kappa shape index (κ3) is 1.98. The first-order valence-electron chi connectivity index (χ1n) is 4.78. The Morgan fingerprint density at radius 2 is 1.93 bits per heavy atom. The lowest BCUT2D eigenvalue weighted by molar-refractivity contribution is 1.09. The van der Waals surface area contributed by atoms with Gasteiger partial charge < -0.3 is 4.40 Å². The van der Waals surface area contributed by atoms with Crippen LogP contribution < -0.4 is 0 Å². The first kappa shape index (κ1) is 11.2. The minimum absolute atomic E-state index is 1.04. The molecule has 0 N–H and O–H groups in total. The second-order valence-corrected chi connectivity index (χ2v) is 3.85. The van der Waals surface area contributed by atoms with Crippen molar-refractivity contribution >= 4 is 21.6 Å². The van der Waals surface area contributed by atoms with E-state index in [9.17, 15) is 0 Å². The van der Waals surface area contributed by atoms with Gasteiger partial charge in [-0.2, -0.15) is 0 Å². The summed E-state index contributed by atoms with van der Waals surface area (Å²) in [5.41, 5.74) is 3.39. The molecule has 2 heterocycles. The van der Waals surface area contributed by atoms with Gasteiger partial charge in [-0.25, -0.2) is 4.98 Å². The van der Waals surface area contributed by atoms with E-state index < -0.39 is 0 Å². The highest BCUT2D eigenvalue weighted by Crippen LogP contribution is 2.17. The molecule has 3 heteroatoms. The van der Waals surface area contributed by atoms with Crippen LogP contribution in [-0.4, -0.2) is 9.38 Å². The monoisotopic (exact) mass is 254 g/mol. The van der Waals surface area contributed by atoms with E-state index in [2.05, 4.69) is 38.3 Å². The van der Waals surface area contributed by atoms with Gasteiger partial charge in [-0.15, -0.1) is 0 Å². The number of hydrogen-bond donors (Lipinski definition) is 0. The number of fused-ring (bicyclic) bond motifs is 1. The summed E-state index contributed by atoms with van der Waals surface area (Å²) in [4.78, 5) is 4.30. The number of rotatable bonds is 0. The molecule has 2 nitrogen and oxygen atoms in total. The summed E-state index contributed by atoms with van der Waals surface area (Å²) in [6.45, 7) is 8.11. The highest BCUT2D eigenvalue weighted by Gasteiger charge is 2.02. The fourth-order valence-corrected chi connectivity index (χ4v) is 1.88. The van der Waals surface area contributed by atoms with Crippen molar-refractivity contribution in [2.75, 3.05) is 0 Å². The van der Waals surface area contributed by atoms with Crippen LogP contribution in [-0.2, 0) is 0 Å². The van der Waals surface area contributed by atoms with E-state index in [-0.39, 0.29) is 0 Å². The molecule has 76 valence electrons. The average Bonchev–Trinajstić information content (AvgIpc) is 2.52. The van der Waals surface area contributed by atoms with Crippen molar-refractivity contribution in [3.63, 3.8) is 0 Å². The topological polar surface area (TPSA) is 17.3 Å². The first-order valence-corrected chi connectivity index (χ1v) is 5.57. The Labute approximate surface area is 93.1 Å². The molecule has 0 saturated heterocycles. The van der Waals surface area contributed by atoms with Crippen LogP contribution in [0, 0.1) is 13.8 Å². The van der Waals surface area contributed by atoms with E-state index in [1.54, 1.807) is 0 Å². The van der Waals surface area contributed by atoms with Crippen molar-refractivity contribution in [2.24, 2.45) is 0 Å². The van der Waals surface area contributed by atoms with Crippen molar-refractivity contribution in [3.8, 4) is 0 Å².